The van der Waals surface area contributed by atoms with Crippen LogP contribution in [-0.2, 0) is 15.8 Å². The van der Waals surface area contributed by atoms with Crippen LogP contribution in [-0.4, -0.2) is 40.7 Å². The fourth-order valence-corrected chi connectivity index (χ4v) is 6.30. The summed E-state index contributed by atoms with van der Waals surface area (Å²) in [4.78, 5) is 19.4. The van der Waals surface area contributed by atoms with E-state index in [0.29, 0.717) is 50.0 Å². The third-order valence-corrected chi connectivity index (χ3v) is 9.27. The quantitative estimate of drug-likeness (QED) is 0.219. The number of hydrogen-bond acceptors (Lipinski definition) is 6. The number of nitrogens with zero attached hydrogens (tertiary/aromatic N) is 3. The molecule has 3 aliphatic carbocycles. The van der Waals surface area contributed by atoms with E-state index in [1.807, 2.05) is 44.2 Å². The minimum Gasteiger partial charge on any atom is -0.491 e. The second kappa shape index (κ2) is 11.6. The first-order valence-electron chi connectivity index (χ1n) is 15.4. The molecule has 1 amide bonds. The molecule has 11 heteroatoms. The predicted octanol–water partition coefficient (Wildman–Crippen LogP) is 9.30. The van der Waals surface area contributed by atoms with Crippen molar-refractivity contribution in [3.05, 3.63) is 60.2 Å². The number of ether oxygens (including phenoxy) is 2. The van der Waals surface area contributed by atoms with Crippen molar-refractivity contribution in [2.24, 2.45) is 5.41 Å². The highest BCUT2D eigenvalue weighted by Gasteiger charge is 2.54. The molecule has 0 spiro atoms. The van der Waals surface area contributed by atoms with Gasteiger partial charge in [-0.3, -0.25) is 4.90 Å². The second-order valence-corrected chi connectivity index (χ2v) is 13.9. The van der Waals surface area contributed by atoms with Crippen LogP contribution >= 0.6 is 0 Å². The lowest BCUT2D eigenvalue weighted by Crippen LogP contribution is -2.53. The highest BCUT2D eigenvalue weighted by molar-refractivity contribution is 5.89. The molecule has 7 nitrogen and oxygen atoms in total. The smallest absolute Gasteiger partial charge is 0.427 e. The summed E-state index contributed by atoms with van der Waals surface area (Å²) in [7, 11) is 0. The number of rotatable bonds is 9. The normalized spacial score (nSPS) is 22.0. The molecular weight excluding hydrogens is 590 g/mol. The van der Waals surface area contributed by atoms with E-state index in [1.54, 1.807) is 18.2 Å². The van der Waals surface area contributed by atoms with E-state index in [4.69, 9.17) is 14.0 Å². The Balaban J connectivity index is 1.42. The van der Waals surface area contributed by atoms with Crippen molar-refractivity contribution in [1.29, 1.82) is 0 Å². The van der Waals surface area contributed by atoms with Gasteiger partial charge in [0.25, 0.3) is 5.89 Å². The van der Waals surface area contributed by atoms with Gasteiger partial charge in [0.15, 0.2) is 11.5 Å². The van der Waals surface area contributed by atoms with Crippen molar-refractivity contribution >= 4 is 11.8 Å². The van der Waals surface area contributed by atoms with Crippen LogP contribution in [0.3, 0.4) is 0 Å². The van der Waals surface area contributed by atoms with E-state index >= 15 is 0 Å². The SMILES string of the molecule is CC(C)Oc1ccc(-c2cccc(N(CC34CCC(c5noc(C(C)(C)F)n5)(CC3)CC4)C(=O)OC(C)(C)C(F)(F)F)c2)cc1. The van der Waals surface area contributed by atoms with E-state index in [1.165, 1.54) is 18.7 Å². The molecule has 0 unspecified atom stereocenters. The molecule has 0 atom stereocenters. The van der Waals surface area contributed by atoms with Crippen LogP contribution in [0, 0.1) is 5.41 Å². The number of carbonyl (C=O) groups excluding carboxylic acids is 1. The van der Waals surface area contributed by atoms with Crippen molar-refractivity contribution in [3.63, 3.8) is 0 Å². The molecular formula is C34H41F4N3O4. The zero-order valence-corrected chi connectivity index (χ0v) is 26.6. The van der Waals surface area contributed by atoms with Crippen LogP contribution in [0.4, 0.5) is 28.0 Å². The van der Waals surface area contributed by atoms with Crippen LogP contribution in [0.15, 0.2) is 53.1 Å². The topological polar surface area (TPSA) is 77.7 Å². The van der Waals surface area contributed by atoms with Gasteiger partial charge in [-0.15, -0.1) is 0 Å². The number of carbonyl (C=O) groups is 1. The number of benzene rings is 2. The minimum atomic E-state index is -4.75. The summed E-state index contributed by atoms with van der Waals surface area (Å²) in [5.74, 6) is 1.16. The second-order valence-electron chi connectivity index (χ2n) is 13.9. The summed E-state index contributed by atoms with van der Waals surface area (Å²) in [6.07, 6.45) is -1.61. The number of hydrogen-bond donors (Lipinski definition) is 0. The number of anilines is 1. The van der Waals surface area contributed by atoms with Gasteiger partial charge >= 0.3 is 12.3 Å². The first kappa shape index (κ1) is 32.8. The summed E-state index contributed by atoms with van der Waals surface area (Å²) in [6.45, 7) is 8.52. The molecule has 0 N–H and O–H groups in total. The Morgan fingerprint density at radius 3 is 2.09 bits per heavy atom. The molecule has 1 aromatic heterocycles. The van der Waals surface area contributed by atoms with Crippen molar-refractivity contribution < 1.29 is 36.4 Å². The molecule has 0 aliphatic heterocycles. The molecule has 2 aromatic carbocycles. The fourth-order valence-electron chi connectivity index (χ4n) is 6.30. The number of amides is 1. The summed E-state index contributed by atoms with van der Waals surface area (Å²) >= 11 is 0. The molecule has 2 bridgehead atoms. The zero-order valence-electron chi connectivity index (χ0n) is 26.6. The largest absolute Gasteiger partial charge is 0.491 e. The third-order valence-electron chi connectivity index (χ3n) is 9.27. The Labute approximate surface area is 261 Å². The maximum absolute atomic E-state index is 14.5. The summed E-state index contributed by atoms with van der Waals surface area (Å²) in [5.41, 5.74) is -3.03. The van der Waals surface area contributed by atoms with Gasteiger partial charge in [-0.1, -0.05) is 29.4 Å². The van der Waals surface area contributed by atoms with Crippen molar-refractivity contribution in [2.75, 3.05) is 11.4 Å². The Bertz CT molecular complexity index is 1480. The molecule has 0 radical (unpaired) electrons. The van der Waals surface area contributed by atoms with Crippen LogP contribution < -0.4 is 9.64 Å². The molecule has 6 rings (SSSR count). The molecule has 244 valence electrons. The highest BCUT2D eigenvalue weighted by atomic mass is 19.4. The van der Waals surface area contributed by atoms with Gasteiger partial charge in [-0.25, -0.2) is 9.18 Å². The predicted molar refractivity (Wildman–Crippen MR) is 162 cm³/mol. The number of fused-ring (bicyclic) bond motifs is 3. The van der Waals surface area contributed by atoms with Crippen LogP contribution in [0.2, 0.25) is 0 Å². The average molecular weight is 632 g/mol. The van der Waals surface area contributed by atoms with Crippen molar-refractivity contribution in [2.45, 2.75) is 109 Å². The third kappa shape index (κ3) is 6.82. The number of aromatic nitrogens is 2. The van der Waals surface area contributed by atoms with Crippen LogP contribution in [0.1, 0.15) is 91.8 Å². The molecule has 1 heterocycles. The summed E-state index contributed by atoms with van der Waals surface area (Å²) in [6, 6.07) is 14.7. The van der Waals surface area contributed by atoms with Gasteiger partial charge in [0.1, 0.15) is 5.75 Å². The van der Waals surface area contributed by atoms with Crippen LogP contribution in [0.25, 0.3) is 11.1 Å². The van der Waals surface area contributed by atoms with E-state index in [2.05, 4.69) is 10.1 Å². The molecule has 3 saturated carbocycles. The van der Waals surface area contributed by atoms with E-state index in [-0.39, 0.29) is 29.4 Å². The van der Waals surface area contributed by atoms with Gasteiger partial charge in [-0.2, -0.15) is 18.2 Å². The number of halogens is 4. The highest BCUT2D eigenvalue weighted by Crippen LogP contribution is 2.58. The lowest BCUT2D eigenvalue weighted by Gasteiger charge is -2.53. The van der Waals surface area contributed by atoms with E-state index < -0.39 is 23.5 Å². The lowest BCUT2D eigenvalue weighted by atomic mass is 9.53. The van der Waals surface area contributed by atoms with Gasteiger partial charge in [0.05, 0.1) is 6.10 Å². The Morgan fingerprint density at radius 1 is 0.933 bits per heavy atom. The zero-order chi connectivity index (χ0) is 32.8. The number of alkyl halides is 4. The first-order valence-corrected chi connectivity index (χ1v) is 15.4. The maximum Gasteiger partial charge on any atom is 0.427 e. The van der Waals surface area contributed by atoms with E-state index in [0.717, 1.165) is 30.7 Å². The summed E-state index contributed by atoms with van der Waals surface area (Å²) < 4.78 is 72.0. The molecule has 3 fully saturated rings. The van der Waals surface area contributed by atoms with Gasteiger partial charge in [0, 0.05) is 17.6 Å². The monoisotopic (exact) mass is 631 g/mol. The van der Waals surface area contributed by atoms with Crippen molar-refractivity contribution in [1.82, 2.24) is 10.1 Å². The Morgan fingerprint density at radius 2 is 1.56 bits per heavy atom. The van der Waals surface area contributed by atoms with Gasteiger partial charge in [-0.05, 0) is 121 Å². The van der Waals surface area contributed by atoms with Gasteiger partial charge in [0.2, 0.25) is 5.60 Å². The molecule has 3 aliphatic rings. The standard InChI is InChI=1S/C34H41F4N3O4/c1-22(2)43-26-12-10-23(11-13-26)24-8-7-9-25(20-24)41(29(42)44-31(5,6)34(36,37)38)21-32-14-17-33(18-15-32,19-16-32)27-39-28(45-40-27)30(3,4)35/h7-13,20,22H,14-19,21H2,1-6H3. The maximum atomic E-state index is 14.5. The van der Waals surface area contributed by atoms with Crippen LogP contribution in [0.5, 0.6) is 5.75 Å². The van der Waals surface area contributed by atoms with E-state index in [9.17, 15) is 22.4 Å². The first-order chi connectivity index (χ1) is 20.9. The Kier molecular flexibility index (Phi) is 8.46. The van der Waals surface area contributed by atoms with Crippen molar-refractivity contribution in [3.8, 4) is 16.9 Å². The molecule has 0 saturated heterocycles. The molecule has 45 heavy (non-hydrogen) atoms. The lowest BCUT2D eigenvalue weighted by molar-refractivity contribution is -0.243. The molecule has 3 aromatic rings. The summed E-state index contributed by atoms with van der Waals surface area (Å²) in [5, 5.41) is 4.13. The van der Waals surface area contributed by atoms with Gasteiger partial charge < -0.3 is 14.0 Å². The minimum absolute atomic E-state index is 0.0239. The average Bonchev–Trinajstić information content (AvgIpc) is 3.49. The fraction of sp³-hybridized carbons (Fsp3) is 0.559. The Hall–Kier alpha value is -3.63.